The van der Waals surface area contributed by atoms with Crippen LogP contribution in [0.2, 0.25) is 0 Å². The lowest BCUT2D eigenvalue weighted by molar-refractivity contribution is -0.0604. The lowest BCUT2D eigenvalue weighted by atomic mass is 9.70. The van der Waals surface area contributed by atoms with E-state index in [0.717, 1.165) is 12.2 Å². The van der Waals surface area contributed by atoms with E-state index in [1.165, 1.54) is 6.07 Å². The second-order valence-electron chi connectivity index (χ2n) is 5.03. The molecule has 16 heavy (non-hydrogen) atoms. The Kier molecular flexibility index (Phi) is 3.01. The summed E-state index contributed by atoms with van der Waals surface area (Å²) in [7, 11) is 0. The topological polar surface area (TPSA) is 20.2 Å². The third kappa shape index (κ3) is 1.76. The van der Waals surface area contributed by atoms with Crippen LogP contribution < -0.4 is 0 Å². The van der Waals surface area contributed by atoms with Gasteiger partial charge in [0.15, 0.2) is 0 Å². The molecule has 3 heteroatoms. The van der Waals surface area contributed by atoms with Crippen molar-refractivity contribution in [3.05, 3.63) is 35.6 Å². The Balaban J connectivity index is 2.48. The van der Waals surface area contributed by atoms with Crippen LogP contribution >= 0.6 is 11.8 Å². The summed E-state index contributed by atoms with van der Waals surface area (Å²) in [6, 6.07) is 6.56. The Morgan fingerprint density at radius 1 is 1.31 bits per heavy atom. The average Bonchev–Trinajstić information content (AvgIpc) is 2.23. The number of halogens is 1. The van der Waals surface area contributed by atoms with Gasteiger partial charge >= 0.3 is 0 Å². The van der Waals surface area contributed by atoms with Crippen molar-refractivity contribution in [2.75, 3.05) is 11.5 Å². The summed E-state index contributed by atoms with van der Waals surface area (Å²) in [6.45, 7) is 4.03. The Morgan fingerprint density at radius 2 is 2.00 bits per heavy atom. The largest absolute Gasteiger partial charge is 0.384 e. The standard InChI is InChI=1S/C13H17FOS/c1-12(2)7-8-16-9-13(12,15)10-5-3-4-6-11(10)14/h3-6,15H,7-9H2,1-2H3. The molecule has 0 amide bonds. The quantitative estimate of drug-likeness (QED) is 0.813. The molecule has 0 aliphatic carbocycles. The first-order chi connectivity index (χ1) is 7.47. The lowest BCUT2D eigenvalue weighted by Crippen LogP contribution is -2.47. The molecule has 1 N–H and O–H groups in total. The summed E-state index contributed by atoms with van der Waals surface area (Å²) in [5.74, 6) is 1.30. The van der Waals surface area contributed by atoms with Crippen LogP contribution in [-0.2, 0) is 5.60 Å². The predicted octanol–water partition coefficient (Wildman–Crippen LogP) is 3.18. The Morgan fingerprint density at radius 3 is 2.62 bits per heavy atom. The van der Waals surface area contributed by atoms with Crippen molar-refractivity contribution in [1.29, 1.82) is 0 Å². The monoisotopic (exact) mass is 240 g/mol. The summed E-state index contributed by atoms with van der Waals surface area (Å²) in [5.41, 5.74) is -0.894. The van der Waals surface area contributed by atoms with E-state index in [1.54, 1.807) is 30.0 Å². The number of hydrogen-bond acceptors (Lipinski definition) is 2. The van der Waals surface area contributed by atoms with Gasteiger partial charge in [-0.3, -0.25) is 0 Å². The zero-order chi connectivity index (χ0) is 11.8. The number of benzene rings is 1. The molecular formula is C13H17FOS. The molecule has 1 nitrogen and oxygen atoms in total. The van der Waals surface area contributed by atoms with Crippen LogP contribution in [0.1, 0.15) is 25.8 Å². The van der Waals surface area contributed by atoms with E-state index in [-0.39, 0.29) is 11.2 Å². The molecule has 0 spiro atoms. The lowest BCUT2D eigenvalue weighted by Gasteiger charge is -2.46. The Labute approximate surface area is 100 Å². The van der Waals surface area contributed by atoms with Gasteiger partial charge in [0, 0.05) is 11.3 Å². The molecule has 1 aromatic rings. The van der Waals surface area contributed by atoms with E-state index < -0.39 is 5.60 Å². The zero-order valence-electron chi connectivity index (χ0n) is 9.66. The van der Waals surface area contributed by atoms with Crippen LogP contribution in [0.25, 0.3) is 0 Å². The van der Waals surface area contributed by atoms with Crippen LogP contribution in [0.3, 0.4) is 0 Å². The van der Waals surface area contributed by atoms with Gasteiger partial charge in [-0.15, -0.1) is 0 Å². The van der Waals surface area contributed by atoms with Gasteiger partial charge < -0.3 is 5.11 Å². The third-order valence-corrected chi connectivity index (χ3v) is 4.74. The van der Waals surface area contributed by atoms with Gasteiger partial charge in [-0.25, -0.2) is 4.39 Å². The van der Waals surface area contributed by atoms with Gasteiger partial charge in [0.1, 0.15) is 11.4 Å². The molecule has 1 fully saturated rings. The minimum Gasteiger partial charge on any atom is -0.384 e. The molecule has 0 bridgehead atoms. The summed E-state index contributed by atoms with van der Waals surface area (Å²) >= 11 is 1.69. The maximum Gasteiger partial charge on any atom is 0.129 e. The fraction of sp³-hybridized carbons (Fsp3) is 0.538. The Bertz CT molecular complexity index is 391. The molecule has 0 saturated carbocycles. The fourth-order valence-corrected chi connectivity index (χ4v) is 3.83. The third-order valence-electron chi connectivity index (χ3n) is 3.62. The minimum atomic E-state index is -1.05. The van der Waals surface area contributed by atoms with Crippen molar-refractivity contribution in [1.82, 2.24) is 0 Å². The van der Waals surface area contributed by atoms with E-state index in [2.05, 4.69) is 0 Å². The van der Waals surface area contributed by atoms with Crippen molar-refractivity contribution in [2.24, 2.45) is 5.41 Å². The van der Waals surface area contributed by atoms with E-state index in [1.807, 2.05) is 13.8 Å². The summed E-state index contributed by atoms with van der Waals surface area (Å²) < 4.78 is 13.8. The summed E-state index contributed by atoms with van der Waals surface area (Å²) in [6.07, 6.45) is 0.905. The highest BCUT2D eigenvalue weighted by atomic mass is 32.2. The molecular weight excluding hydrogens is 223 g/mol. The SMILES string of the molecule is CC1(C)CCSCC1(O)c1ccccc1F. The highest BCUT2D eigenvalue weighted by Crippen LogP contribution is 2.48. The van der Waals surface area contributed by atoms with Crippen molar-refractivity contribution < 1.29 is 9.50 Å². The Hall–Kier alpha value is -0.540. The second-order valence-corrected chi connectivity index (χ2v) is 6.13. The number of aliphatic hydroxyl groups is 1. The summed E-state index contributed by atoms with van der Waals surface area (Å²) in [4.78, 5) is 0. The van der Waals surface area contributed by atoms with Crippen LogP contribution in [0.5, 0.6) is 0 Å². The van der Waals surface area contributed by atoms with Gasteiger partial charge in [0.05, 0.1) is 0 Å². The van der Waals surface area contributed by atoms with Gasteiger partial charge in [-0.1, -0.05) is 32.0 Å². The van der Waals surface area contributed by atoms with Crippen LogP contribution in [0.15, 0.2) is 24.3 Å². The van der Waals surface area contributed by atoms with Gasteiger partial charge in [-0.2, -0.15) is 11.8 Å². The molecule has 1 saturated heterocycles. The van der Waals surface area contributed by atoms with Crippen LogP contribution in [0, 0.1) is 11.2 Å². The van der Waals surface area contributed by atoms with Gasteiger partial charge in [0.25, 0.3) is 0 Å². The van der Waals surface area contributed by atoms with Gasteiger partial charge in [-0.05, 0) is 23.7 Å². The smallest absolute Gasteiger partial charge is 0.129 e. The normalized spacial score (nSPS) is 29.0. The zero-order valence-corrected chi connectivity index (χ0v) is 10.5. The first kappa shape index (κ1) is 11.9. The fourth-order valence-electron chi connectivity index (χ4n) is 2.19. The van der Waals surface area contributed by atoms with E-state index in [0.29, 0.717) is 11.3 Å². The highest BCUT2D eigenvalue weighted by molar-refractivity contribution is 7.99. The van der Waals surface area contributed by atoms with Crippen molar-refractivity contribution in [3.63, 3.8) is 0 Å². The van der Waals surface area contributed by atoms with Gasteiger partial charge in [0.2, 0.25) is 0 Å². The van der Waals surface area contributed by atoms with Crippen molar-refractivity contribution in [3.8, 4) is 0 Å². The molecule has 1 aliphatic rings. The maximum atomic E-state index is 13.8. The number of thioether (sulfide) groups is 1. The van der Waals surface area contributed by atoms with Crippen molar-refractivity contribution in [2.45, 2.75) is 25.9 Å². The van der Waals surface area contributed by atoms with Crippen LogP contribution in [0.4, 0.5) is 4.39 Å². The highest BCUT2D eigenvalue weighted by Gasteiger charge is 2.48. The first-order valence-electron chi connectivity index (χ1n) is 5.52. The second kappa shape index (κ2) is 4.04. The number of rotatable bonds is 1. The van der Waals surface area contributed by atoms with Crippen LogP contribution in [-0.4, -0.2) is 16.6 Å². The minimum absolute atomic E-state index is 0.277. The molecule has 0 aromatic heterocycles. The maximum absolute atomic E-state index is 13.8. The van der Waals surface area contributed by atoms with E-state index in [9.17, 15) is 9.50 Å². The average molecular weight is 240 g/mol. The molecule has 1 unspecified atom stereocenters. The molecule has 0 radical (unpaired) electrons. The molecule has 2 rings (SSSR count). The molecule has 1 atom stereocenters. The predicted molar refractivity (Wildman–Crippen MR) is 66.0 cm³/mol. The van der Waals surface area contributed by atoms with E-state index in [4.69, 9.17) is 0 Å². The summed E-state index contributed by atoms with van der Waals surface area (Å²) in [5, 5.41) is 10.8. The number of hydrogen-bond donors (Lipinski definition) is 1. The van der Waals surface area contributed by atoms with Crippen molar-refractivity contribution >= 4 is 11.8 Å². The molecule has 1 aliphatic heterocycles. The molecule has 1 heterocycles. The van der Waals surface area contributed by atoms with E-state index >= 15 is 0 Å². The molecule has 1 aromatic carbocycles. The first-order valence-corrected chi connectivity index (χ1v) is 6.68. The molecule has 88 valence electrons.